The van der Waals surface area contributed by atoms with Crippen molar-refractivity contribution in [1.82, 2.24) is 9.97 Å². The van der Waals surface area contributed by atoms with E-state index in [9.17, 15) is 0 Å². The number of hydrogen-bond acceptors (Lipinski definition) is 5. The zero-order valence-electron chi connectivity index (χ0n) is 10.4. The zero-order valence-corrected chi connectivity index (χ0v) is 10.4. The highest BCUT2D eigenvalue weighted by Gasteiger charge is 2.11. The predicted molar refractivity (Wildman–Crippen MR) is 65.7 cm³/mol. The number of nitrogens with two attached hydrogens (primary N) is 1. The number of ether oxygens (including phenoxy) is 1. The van der Waals surface area contributed by atoms with Gasteiger partial charge in [-0.1, -0.05) is 20.8 Å². The van der Waals surface area contributed by atoms with Gasteiger partial charge < -0.3 is 15.8 Å². The zero-order chi connectivity index (χ0) is 12.1. The van der Waals surface area contributed by atoms with E-state index < -0.39 is 0 Å². The van der Waals surface area contributed by atoms with Crippen molar-refractivity contribution in [2.75, 3.05) is 24.7 Å². The molecule has 0 saturated carbocycles. The number of nitrogens with one attached hydrogen (secondary N) is 1. The van der Waals surface area contributed by atoms with Gasteiger partial charge in [-0.05, 0) is 5.92 Å². The highest BCUT2D eigenvalue weighted by atomic mass is 16.5. The normalized spacial score (nSPS) is 10.6. The second kappa shape index (κ2) is 5.53. The Balaban J connectivity index is 2.96. The first-order valence-electron chi connectivity index (χ1n) is 5.55. The molecule has 0 fully saturated rings. The summed E-state index contributed by atoms with van der Waals surface area (Å²) in [7, 11) is 1.78. The van der Waals surface area contributed by atoms with E-state index in [-0.39, 0.29) is 0 Å². The Morgan fingerprint density at radius 2 is 2.06 bits per heavy atom. The van der Waals surface area contributed by atoms with Crippen molar-refractivity contribution in [2.24, 2.45) is 5.92 Å². The van der Waals surface area contributed by atoms with Crippen molar-refractivity contribution in [3.8, 4) is 5.88 Å². The van der Waals surface area contributed by atoms with Gasteiger partial charge in [0.2, 0.25) is 5.88 Å². The molecule has 0 unspecified atom stereocenters. The van der Waals surface area contributed by atoms with Crippen LogP contribution in [0.1, 0.15) is 26.6 Å². The number of rotatable bonds is 5. The average Bonchev–Trinajstić information content (AvgIpc) is 2.27. The van der Waals surface area contributed by atoms with Crippen molar-refractivity contribution in [2.45, 2.75) is 27.2 Å². The SMILES string of the molecule is CCc1nc(NC)c(N)c(OCC(C)C)n1. The summed E-state index contributed by atoms with van der Waals surface area (Å²) in [5.41, 5.74) is 6.36. The first kappa shape index (κ1) is 12.5. The Kier molecular flexibility index (Phi) is 4.34. The molecule has 16 heavy (non-hydrogen) atoms. The third kappa shape index (κ3) is 2.98. The lowest BCUT2D eigenvalue weighted by Gasteiger charge is -2.13. The maximum atomic E-state index is 5.89. The van der Waals surface area contributed by atoms with Gasteiger partial charge in [0, 0.05) is 13.5 Å². The molecule has 1 aromatic heterocycles. The maximum absolute atomic E-state index is 5.89. The van der Waals surface area contributed by atoms with E-state index in [4.69, 9.17) is 10.5 Å². The maximum Gasteiger partial charge on any atom is 0.242 e. The second-order valence-electron chi connectivity index (χ2n) is 4.02. The van der Waals surface area contributed by atoms with Crippen LogP contribution in [0.15, 0.2) is 0 Å². The summed E-state index contributed by atoms with van der Waals surface area (Å²) in [6, 6.07) is 0. The fourth-order valence-electron chi connectivity index (χ4n) is 1.20. The molecule has 5 nitrogen and oxygen atoms in total. The molecule has 0 amide bonds. The molecular formula is C11H20N4O. The molecule has 1 heterocycles. The van der Waals surface area contributed by atoms with E-state index in [0.29, 0.717) is 29.9 Å². The van der Waals surface area contributed by atoms with Gasteiger partial charge in [-0.2, -0.15) is 4.98 Å². The summed E-state index contributed by atoms with van der Waals surface area (Å²) in [6.45, 7) is 6.76. The molecule has 0 radical (unpaired) electrons. The van der Waals surface area contributed by atoms with E-state index >= 15 is 0 Å². The van der Waals surface area contributed by atoms with Crippen LogP contribution in [0.3, 0.4) is 0 Å². The largest absolute Gasteiger partial charge is 0.476 e. The number of aryl methyl sites for hydroxylation is 1. The van der Waals surface area contributed by atoms with E-state index in [2.05, 4.69) is 29.1 Å². The predicted octanol–water partition coefficient (Wildman–Crippen LogP) is 1.70. The first-order chi connectivity index (χ1) is 7.58. The fraction of sp³-hybridized carbons (Fsp3) is 0.636. The highest BCUT2D eigenvalue weighted by Crippen LogP contribution is 2.26. The van der Waals surface area contributed by atoms with Crippen LogP contribution < -0.4 is 15.8 Å². The van der Waals surface area contributed by atoms with Gasteiger partial charge in [0.15, 0.2) is 5.82 Å². The van der Waals surface area contributed by atoms with Crippen LogP contribution in [0.25, 0.3) is 0 Å². The van der Waals surface area contributed by atoms with Crippen LogP contribution in [0.5, 0.6) is 5.88 Å². The van der Waals surface area contributed by atoms with Crippen molar-refractivity contribution in [3.05, 3.63) is 5.82 Å². The number of nitrogens with zero attached hydrogens (tertiary/aromatic N) is 2. The Morgan fingerprint density at radius 3 is 2.56 bits per heavy atom. The van der Waals surface area contributed by atoms with Crippen LogP contribution >= 0.6 is 0 Å². The second-order valence-corrected chi connectivity index (χ2v) is 4.02. The third-order valence-corrected chi connectivity index (χ3v) is 2.06. The summed E-state index contributed by atoms with van der Waals surface area (Å²) in [5.74, 6) is 2.28. The monoisotopic (exact) mass is 224 g/mol. The molecule has 0 aliphatic heterocycles. The Hall–Kier alpha value is -1.52. The molecule has 1 aromatic rings. The van der Waals surface area contributed by atoms with E-state index in [1.165, 1.54) is 0 Å². The molecule has 0 aromatic carbocycles. The number of hydrogen-bond donors (Lipinski definition) is 2. The molecule has 5 heteroatoms. The van der Waals surface area contributed by atoms with Gasteiger partial charge in [-0.3, -0.25) is 0 Å². The van der Waals surface area contributed by atoms with Crippen LogP contribution in [-0.2, 0) is 6.42 Å². The summed E-state index contributed by atoms with van der Waals surface area (Å²) < 4.78 is 5.57. The van der Waals surface area contributed by atoms with Crippen LogP contribution in [0, 0.1) is 5.92 Å². The van der Waals surface area contributed by atoms with Gasteiger partial charge in [-0.15, -0.1) is 0 Å². The van der Waals surface area contributed by atoms with Crippen molar-refractivity contribution < 1.29 is 4.74 Å². The average molecular weight is 224 g/mol. The molecular weight excluding hydrogens is 204 g/mol. The van der Waals surface area contributed by atoms with Crippen molar-refractivity contribution in [3.63, 3.8) is 0 Å². The molecule has 0 aliphatic rings. The van der Waals surface area contributed by atoms with E-state index in [1.54, 1.807) is 7.05 Å². The highest BCUT2D eigenvalue weighted by molar-refractivity contribution is 5.66. The minimum Gasteiger partial charge on any atom is -0.476 e. The Bertz CT molecular complexity index is 352. The Morgan fingerprint density at radius 1 is 1.38 bits per heavy atom. The van der Waals surface area contributed by atoms with E-state index in [0.717, 1.165) is 12.2 Å². The molecule has 0 atom stereocenters. The number of anilines is 2. The smallest absolute Gasteiger partial charge is 0.242 e. The number of nitrogen functional groups attached to an aromatic ring is 1. The van der Waals surface area contributed by atoms with Gasteiger partial charge in [0.05, 0.1) is 6.61 Å². The molecule has 90 valence electrons. The number of aromatic nitrogens is 2. The van der Waals surface area contributed by atoms with Gasteiger partial charge in [-0.25, -0.2) is 4.98 Å². The van der Waals surface area contributed by atoms with Crippen molar-refractivity contribution >= 4 is 11.5 Å². The van der Waals surface area contributed by atoms with Gasteiger partial charge in [0.1, 0.15) is 11.5 Å². The standard InChI is InChI=1S/C11H20N4O/c1-5-8-14-10(13-4)9(12)11(15-8)16-6-7(2)3/h7H,5-6,12H2,1-4H3,(H,13,14,15). The van der Waals surface area contributed by atoms with Crippen LogP contribution in [0.4, 0.5) is 11.5 Å². The molecule has 3 N–H and O–H groups in total. The summed E-state index contributed by atoms with van der Waals surface area (Å²) in [5, 5.41) is 2.94. The summed E-state index contributed by atoms with van der Waals surface area (Å²) in [6.07, 6.45) is 0.757. The molecule has 0 bridgehead atoms. The molecule has 0 spiro atoms. The van der Waals surface area contributed by atoms with Gasteiger partial charge >= 0.3 is 0 Å². The lowest BCUT2D eigenvalue weighted by atomic mass is 10.2. The topological polar surface area (TPSA) is 73.1 Å². The minimum absolute atomic E-state index is 0.442. The van der Waals surface area contributed by atoms with Crippen LogP contribution in [0.2, 0.25) is 0 Å². The quantitative estimate of drug-likeness (QED) is 0.796. The molecule has 1 rings (SSSR count). The summed E-state index contributed by atoms with van der Waals surface area (Å²) in [4.78, 5) is 8.54. The van der Waals surface area contributed by atoms with E-state index in [1.807, 2.05) is 6.92 Å². The van der Waals surface area contributed by atoms with Crippen molar-refractivity contribution in [1.29, 1.82) is 0 Å². The molecule has 0 aliphatic carbocycles. The lowest BCUT2D eigenvalue weighted by molar-refractivity contribution is 0.262. The van der Waals surface area contributed by atoms with Crippen LogP contribution in [-0.4, -0.2) is 23.6 Å². The lowest BCUT2D eigenvalue weighted by Crippen LogP contribution is -2.11. The first-order valence-corrected chi connectivity index (χ1v) is 5.55. The summed E-state index contributed by atoms with van der Waals surface area (Å²) >= 11 is 0. The minimum atomic E-state index is 0.442. The third-order valence-electron chi connectivity index (χ3n) is 2.06. The molecule has 0 saturated heterocycles. The Labute approximate surface area is 96.4 Å². The van der Waals surface area contributed by atoms with Gasteiger partial charge in [0.25, 0.3) is 0 Å². The fourth-order valence-corrected chi connectivity index (χ4v) is 1.20.